The zero-order valence-corrected chi connectivity index (χ0v) is 15.3. The van der Waals surface area contributed by atoms with Crippen LogP contribution in [0.25, 0.3) is 0 Å². The molecule has 2 fully saturated rings. The van der Waals surface area contributed by atoms with E-state index >= 15 is 0 Å². The fourth-order valence-electron chi connectivity index (χ4n) is 4.14. The van der Waals surface area contributed by atoms with Crippen LogP contribution in [-0.4, -0.2) is 34.7 Å². The van der Waals surface area contributed by atoms with Gasteiger partial charge in [-0.15, -0.1) is 0 Å². The summed E-state index contributed by atoms with van der Waals surface area (Å²) in [7, 11) is 0. The summed E-state index contributed by atoms with van der Waals surface area (Å²) in [5, 5.41) is 0. The molecule has 1 atom stereocenters. The molecule has 1 aliphatic heterocycles. The van der Waals surface area contributed by atoms with E-state index in [-0.39, 0.29) is 24.1 Å². The van der Waals surface area contributed by atoms with Gasteiger partial charge in [-0.3, -0.25) is 14.4 Å². The molecule has 0 N–H and O–H groups in total. The van der Waals surface area contributed by atoms with Gasteiger partial charge in [0.2, 0.25) is 5.91 Å². The molecule has 1 saturated carbocycles. The third kappa shape index (κ3) is 3.32. The van der Waals surface area contributed by atoms with E-state index in [0.717, 1.165) is 37.0 Å². The van der Waals surface area contributed by atoms with Crippen LogP contribution in [0.5, 0.6) is 0 Å². The van der Waals surface area contributed by atoms with Gasteiger partial charge in [0, 0.05) is 6.04 Å². The molecular formula is C21H21FN2O4. The van der Waals surface area contributed by atoms with Gasteiger partial charge in [-0.05, 0) is 49.2 Å². The first-order valence-electron chi connectivity index (χ1n) is 9.55. The van der Waals surface area contributed by atoms with Crippen LogP contribution < -0.4 is 4.90 Å². The number of anilines is 1. The highest BCUT2D eigenvalue weighted by molar-refractivity contribution is 6.23. The Kier molecular flexibility index (Phi) is 4.98. The molecule has 4 rings (SSSR count). The van der Waals surface area contributed by atoms with Gasteiger partial charge >= 0.3 is 0 Å². The van der Waals surface area contributed by atoms with E-state index in [1.54, 1.807) is 17.0 Å². The molecule has 3 amide bonds. The van der Waals surface area contributed by atoms with Crippen LogP contribution in [0.3, 0.4) is 0 Å². The van der Waals surface area contributed by atoms with Crippen molar-refractivity contribution in [3.8, 4) is 0 Å². The molecule has 1 aromatic carbocycles. The number of benzene rings is 1. The fourth-order valence-corrected chi connectivity index (χ4v) is 4.14. The van der Waals surface area contributed by atoms with Gasteiger partial charge in [0.15, 0.2) is 5.76 Å². The number of amides is 3. The number of imide groups is 1. The van der Waals surface area contributed by atoms with Crippen molar-refractivity contribution in [2.75, 3.05) is 4.90 Å². The van der Waals surface area contributed by atoms with Crippen LogP contribution >= 0.6 is 0 Å². The lowest BCUT2D eigenvalue weighted by atomic mass is 9.92. The Morgan fingerprint density at radius 2 is 1.79 bits per heavy atom. The van der Waals surface area contributed by atoms with E-state index in [0.29, 0.717) is 5.69 Å². The molecule has 2 aromatic rings. The maximum absolute atomic E-state index is 13.2. The Labute approximate surface area is 161 Å². The summed E-state index contributed by atoms with van der Waals surface area (Å²) in [5.74, 6) is -1.51. The zero-order valence-electron chi connectivity index (χ0n) is 15.3. The SMILES string of the molecule is O=C1CC(N(C(=O)c2ccco2)C2CCCCC2)C(=O)N1c1ccc(F)cc1. The molecule has 1 unspecified atom stereocenters. The lowest BCUT2D eigenvalue weighted by molar-refractivity contribution is -0.123. The molecule has 28 heavy (non-hydrogen) atoms. The van der Waals surface area contributed by atoms with E-state index in [1.165, 1.54) is 30.5 Å². The maximum atomic E-state index is 13.2. The van der Waals surface area contributed by atoms with Gasteiger partial charge in [-0.1, -0.05) is 19.3 Å². The minimum absolute atomic E-state index is 0.0842. The van der Waals surface area contributed by atoms with Crippen molar-refractivity contribution >= 4 is 23.4 Å². The summed E-state index contributed by atoms with van der Waals surface area (Å²) in [6, 6.07) is 7.40. The summed E-state index contributed by atoms with van der Waals surface area (Å²) >= 11 is 0. The van der Waals surface area contributed by atoms with Crippen molar-refractivity contribution in [1.29, 1.82) is 0 Å². The smallest absolute Gasteiger partial charge is 0.290 e. The monoisotopic (exact) mass is 384 g/mol. The minimum atomic E-state index is -0.877. The second-order valence-corrected chi connectivity index (χ2v) is 7.25. The molecule has 146 valence electrons. The number of carbonyl (C=O) groups is 3. The highest BCUT2D eigenvalue weighted by atomic mass is 19.1. The maximum Gasteiger partial charge on any atom is 0.290 e. The molecule has 7 heteroatoms. The summed E-state index contributed by atoms with van der Waals surface area (Å²) in [6.45, 7) is 0. The predicted octanol–water partition coefficient (Wildman–Crippen LogP) is 3.53. The van der Waals surface area contributed by atoms with Crippen LogP contribution in [0.15, 0.2) is 47.1 Å². The van der Waals surface area contributed by atoms with E-state index in [4.69, 9.17) is 4.42 Å². The van der Waals surface area contributed by atoms with Gasteiger partial charge in [-0.25, -0.2) is 9.29 Å². The highest BCUT2D eigenvalue weighted by Gasteiger charge is 2.47. The summed E-state index contributed by atoms with van der Waals surface area (Å²) in [4.78, 5) is 41.5. The molecule has 0 radical (unpaired) electrons. The number of rotatable bonds is 4. The molecule has 2 aliphatic rings. The molecule has 1 aromatic heterocycles. The quantitative estimate of drug-likeness (QED) is 0.756. The number of furan rings is 1. The Morgan fingerprint density at radius 3 is 2.43 bits per heavy atom. The van der Waals surface area contributed by atoms with Crippen molar-refractivity contribution < 1.29 is 23.2 Å². The molecule has 6 nitrogen and oxygen atoms in total. The average Bonchev–Trinajstić information content (AvgIpc) is 3.33. The molecule has 0 spiro atoms. The number of carbonyl (C=O) groups excluding carboxylic acids is 3. The van der Waals surface area contributed by atoms with Crippen molar-refractivity contribution in [3.63, 3.8) is 0 Å². The van der Waals surface area contributed by atoms with Crippen LogP contribution in [0.2, 0.25) is 0 Å². The lowest BCUT2D eigenvalue weighted by Crippen LogP contribution is -2.51. The Hall–Kier alpha value is -2.96. The van der Waals surface area contributed by atoms with E-state index in [1.807, 2.05) is 0 Å². The summed E-state index contributed by atoms with van der Waals surface area (Å²) in [6.07, 6.45) is 5.96. The molecule has 0 bridgehead atoms. The Bertz CT molecular complexity index is 872. The standard InChI is InChI=1S/C21H21FN2O4/c22-14-8-10-16(11-9-14)24-19(25)13-17(20(24)26)23(15-5-2-1-3-6-15)21(27)18-7-4-12-28-18/h4,7-12,15,17H,1-3,5-6,13H2. The third-order valence-corrected chi connectivity index (χ3v) is 5.48. The van der Waals surface area contributed by atoms with Crippen molar-refractivity contribution in [1.82, 2.24) is 4.90 Å². The van der Waals surface area contributed by atoms with Gasteiger partial charge in [0.05, 0.1) is 18.4 Å². The number of nitrogens with zero attached hydrogens (tertiary/aromatic N) is 2. The van der Waals surface area contributed by atoms with Crippen molar-refractivity contribution in [3.05, 3.63) is 54.2 Å². The normalized spacial score (nSPS) is 20.6. The number of hydrogen-bond donors (Lipinski definition) is 0. The zero-order chi connectivity index (χ0) is 19.7. The van der Waals surface area contributed by atoms with E-state index in [2.05, 4.69) is 0 Å². The summed E-state index contributed by atoms with van der Waals surface area (Å²) in [5.41, 5.74) is 0.313. The van der Waals surface area contributed by atoms with Gasteiger partial charge < -0.3 is 9.32 Å². The summed E-state index contributed by atoms with van der Waals surface area (Å²) < 4.78 is 18.5. The lowest BCUT2D eigenvalue weighted by Gasteiger charge is -2.36. The van der Waals surface area contributed by atoms with Crippen molar-refractivity contribution in [2.24, 2.45) is 0 Å². The molecular weight excluding hydrogens is 363 g/mol. The van der Waals surface area contributed by atoms with Crippen LogP contribution in [-0.2, 0) is 9.59 Å². The third-order valence-electron chi connectivity index (χ3n) is 5.48. The number of halogens is 1. The van der Waals surface area contributed by atoms with Crippen molar-refractivity contribution in [2.45, 2.75) is 50.6 Å². The minimum Gasteiger partial charge on any atom is -0.459 e. The second kappa shape index (κ2) is 7.58. The highest BCUT2D eigenvalue weighted by Crippen LogP contribution is 2.32. The second-order valence-electron chi connectivity index (χ2n) is 7.25. The van der Waals surface area contributed by atoms with Gasteiger partial charge in [-0.2, -0.15) is 0 Å². The first kappa shape index (κ1) is 18.4. The van der Waals surface area contributed by atoms with Crippen LogP contribution in [0.4, 0.5) is 10.1 Å². The topological polar surface area (TPSA) is 70.8 Å². The molecule has 1 saturated heterocycles. The van der Waals surface area contributed by atoms with Gasteiger partial charge in [0.25, 0.3) is 11.8 Å². The predicted molar refractivity (Wildman–Crippen MR) is 99.0 cm³/mol. The Balaban J connectivity index is 1.66. The van der Waals surface area contributed by atoms with Crippen LogP contribution in [0, 0.1) is 5.82 Å². The first-order chi connectivity index (χ1) is 13.6. The van der Waals surface area contributed by atoms with Gasteiger partial charge in [0.1, 0.15) is 11.9 Å². The molecule has 1 aliphatic carbocycles. The first-order valence-corrected chi connectivity index (χ1v) is 9.55. The number of hydrogen-bond acceptors (Lipinski definition) is 4. The van der Waals surface area contributed by atoms with E-state index in [9.17, 15) is 18.8 Å². The molecule has 2 heterocycles. The average molecular weight is 384 g/mol. The Morgan fingerprint density at radius 1 is 1.07 bits per heavy atom. The van der Waals surface area contributed by atoms with Crippen LogP contribution in [0.1, 0.15) is 49.1 Å². The fraction of sp³-hybridized carbons (Fsp3) is 0.381. The van der Waals surface area contributed by atoms with E-state index < -0.39 is 23.7 Å². The largest absolute Gasteiger partial charge is 0.459 e.